The van der Waals surface area contributed by atoms with Gasteiger partial charge in [0.05, 0.1) is 5.69 Å². The van der Waals surface area contributed by atoms with Crippen LogP contribution in [0.1, 0.15) is 5.56 Å². The number of amides is 1. The lowest BCUT2D eigenvalue weighted by Crippen LogP contribution is -2.15. The van der Waals surface area contributed by atoms with Gasteiger partial charge in [0.1, 0.15) is 13.2 Å². The van der Waals surface area contributed by atoms with E-state index in [1.54, 1.807) is 6.08 Å². The van der Waals surface area contributed by atoms with Crippen LogP contribution in [0, 0.1) is 0 Å². The number of fused-ring (bicyclic) bond motifs is 1. The minimum Gasteiger partial charge on any atom is -0.486 e. The van der Waals surface area contributed by atoms with Gasteiger partial charge < -0.3 is 9.47 Å². The summed E-state index contributed by atoms with van der Waals surface area (Å²) in [4.78, 5) is 16.5. The quantitative estimate of drug-likeness (QED) is 0.704. The maximum atomic E-state index is 12.1. The van der Waals surface area contributed by atoms with Crippen molar-refractivity contribution in [2.75, 3.05) is 18.5 Å². The standard InChI is InChI=1S/C20H16N2O3S/c23-19(9-6-14-4-2-1-3-5-14)22-20-21-16(13-26-20)15-7-8-17-18(12-15)25-11-10-24-17/h1-9,12-13H,10-11H2,(H,21,22,23). The predicted molar refractivity (Wildman–Crippen MR) is 103 cm³/mol. The van der Waals surface area contributed by atoms with Crippen molar-refractivity contribution in [2.45, 2.75) is 0 Å². The molecule has 1 aromatic heterocycles. The minimum atomic E-state index is -0.211. The molecule has 1 aliphatic heterocycles. The van der Waals surface area contributed by atoms with Crippen molar-refractivity contribution in [1.29, 1.82) is 0 Å². The zero-order chi connectivity index (χ0) is 17.8. The molecule has 3 aromatic rings. The van der Waals surface area contributed by atoms with Gasteiger partial charge in [-0.1, -0.05) is 30.3 Å². The molecule has 0 saturated carbocycles. The zero-order valence-corrected chi connectivity index (χ0v) is 14.7. The van der Waals surface area contributed by atoms with Crippen LogP contribution < -0.4 is 14.8 Å². The van der Waals surface area contributed by atoms with E-state index in [0.29, 0.717) is 18.3 Å². The van der Waals surface area contributed by atoms with Crippen molar-refractivity contribution in [1.82, 2.24) is 4.98 Å². The summed E-state index contributed by atoms with van der Waals surface area (Å²) in [6, 6.07) is 15.4. The Bertz CT molecular complexity index is 951. The Kier molecular flexibility index (Phi) is 4.66. The Morgan fingerprint density at radius 1 is 1.08 bits per heavy atom. The Morgan fingerprint density at radius 2 is 1.88 bits per heavy atom. The number of hydrogen-bond acceptors (Lipinski definition) is 5. The fraction of sp³-hybridized carbons (Fsp3) is 0.100. The summed E-state index contributed by atoms with van der Waals surface area (Å²) in [6.07, 6.45) is 3.27. The van der Waals surface area contributed by atoms with E-state index in [2.05, 4.69) is 10.3 Å². The highest BCUT2D eigenvalue weighted by atomic mass is 32.1. The first kappa shape index (κ1) is 16.4. The fourth-order valence-corrected chi connectivity index (χ4v) is 3.27. The topological polar surface area (TPSA) is 60.5 Å². The van der Waals surface area contributed by atoms with Crippen molar-refractivity contribution in [3.05, 3.63) is 65.6 Å². The molecule has 0 aliphatic carbocycles. The van der Waals surface area contributed by atoms with Crippen LogP contribution in [-0.2, 0) is 4.79 Å². The Morgan fingerprint density at radius 3 is 2.73 bits per heavy atom. The maximum absolute atomic E-state index is 12.1. The van der Waals surface area contributed by atoms with E-state index < -0.39 is 0 Å². The summed E-state index contributed by atoms with van der Waals surface area (Å²) in [6.45, 7) is 1.11. The molecule has 0 unspecified atom stereocenters. The van der Waals surface area contributed by atoms with E-state index in [0.717, 1.165) is 28.3 Å². The molecule has 2 aromatic carbocycles. The average Bonchev–Trinajstić information content (AvgIpc) is 3.15. The Hall–Kier alpha value is -3.12. The third-order valence-corrected chi connectivity index (χ3v) is 4.56. The zero-order valence-electron chi connectivity index (χ0n) is 13.8. The molecule has 0 radical (unpaired) electrons. The Balaban J connectivity index is 1.45. The van der Waals surface area contributed by atoms with Crippen LogP contribution in [0.2, 0.25) is 0 Å². The van der Waals surface area contributed by atoms with Gasteiger partial charge >= 0.3 is 0 Å². The number of aromatic nitrogens is 1. The second kappa shape index (κ2) is 7.41. The highest BCUT2D eigenvalue weighted by Crippen LogP contribution is 2.35. The van der Waals surface area contributed by atoms with Crippen LogP contribution in [0.4, 0.5) is 5.13 Å². The van der Waals surface area contributed by atoms with Crippen LogP contribution >= 0.6 is 11.3 Å². The molecule has 0 atom stereocenters. The van der Waals surface area contributed by atoms with Gasteiger partial charge in [-0.2, -0.15) is 0 Å². The van der Waals surface area contributed by atoms with Crippen LogP contribution in [-0.4, -0.2) is 24.1 Å². The number of carbonyl (C=O) groups is 1. The summed E-state index contributed by atoms with van der Waals surface area (Å²) in [5, 5.41) is 5.25. The number of thiazole rings is 1. The third kappa shape index (κ3) is 3.75. The number of hydrogen-bond donors (Lipinski definition) is 1. The lowest BCUT2D eigenvalue weighted by atomic mass is 10.1. The largest absolute Gasteiger partial charge is 0.486 e. The number of benzene rings is 2. The minimum absolute atomic E-state index is 0.211. The second-order valence-corrected chi connectivity index (χ2v) is 6.49. The number of nitrogens with zero attached hydrogens (tertiary/aromatic N) is 1. The average molecular weight is 364 g/mol. The summed E-state index contributed by atoms with van der Waals surface area (Å²) in [7, 11) is 0. The normalized spacial score (nSPS) is 12.9. The van der Waals surface area contributed by atoms with Gasteiger partial charge in [-0.3, -0.25) is 10.1 Å². The number of ether oxygens (including phenoxy) is 2. The summed E-state index contributed by atoms with van der Waals surface area (Å²) < 4.78 is 11.1. The van der Waals surface area contributed by atoms with E-state index in [1.165, 1.54) is 17.4 Å². The van der Waals surface area contributed by atoms with Crippen LogP contribution in [0.25, 0.3) is 17.3 Å². The molecular formula is C20H16N2O3S. The molecule has 130 valence electrons. The van der Waals surface area contributed by atoms with Gasteiger partial charge in [0, 0.05) is 17.0 Å². The fourth-order valence-electron chi connectivity index (χ4n) is 2.55. The first-order chi connectivity index (χ1) is 12.8. The molecule has 0 bridgehead atoms. The maximum Gasteiger partial charge on any atom is 0.250 e. The summed E-state index contributed by atoms with van der Waals surface area (Å²) in [5.41, 5.74) is 2.68. The van der Waals surface area contributed by atoms with Crippen LogP contribution in [0.5, 0.6) is 11.5 Å². The molecule has 5 nitrogen and oxygen atoms in total. The number of rotatable bonds is 4. The third-order valence-electron chi connectivity index (χ3n) is 3.80. The van der Waals surface area contributed by atoms with Gasteiger partial charge in [0.25, 0.3) is 0 Å². The lowest BCUT2D eigenvalue weighted by molar-refractivity contribution is -0.111. The van der Waals surface area contributed by atoms with E-state index in [4.69, 9.17) is 9.47 Å². The van der Waals surface area contributed by atoms with Crippen molar-refractivity contribution >= 4 is 28.5 Å². The van der Waals surface area contributed by atoms with Crippen molar-refractivity contribution < 1.29 is 14.3 Å². The molecule has 1 aliphatic rings. The molecule has 1 amide bonds. The number of nitrogens with one attached hydrogen (secondary N) is 1. The molecule has 4 rings (SSSR count). The number of carbonyl (C=O) groups excluding carboxylic acids is 1. The summed E-state index contributed by atoms with van der Waals surface area (Å²) >= 11 is 1.38. The van der Waals surface area contributed by atoms with Gasteiger partial charge in [-0.15, -0.1) is 11.3 Å². The smallest absolute Gasteiger partial charge is 0.250 e. The molecule has 0 spiro atoms. The van der Waals surface area contributed by atoms with Crippen LogP contribution in [0.15, 0.2) is 60.0 Å². The van der Waals surface area contributed by atoms with Crippen molar-refractivity contribution in [3.8, 4) is 22.8 Å². The van der Waals surface area contributed by atoms with Gasteiger partial charge in [-0.05, 0) is 29.8 Å². The lowest BCUT2D eigenvalue weighted by Gasteiger charge is -2.18. The van der Waals surface area contributed by atoms with Crippen molar-refractivity contribution in [2.24, 2.45) is 0 Å². The highest BCUT2D eigenvalue weighted by molar-refractivity contribution is 7.14. The van der Waals surface area contributed by atoms with E-state index in [9.17, 15) is 4.79 Å². The second-order valence-electron chi connectivity index (χ2n) is 5.63. The molecule has 26 heavy (non-hydrogen) atoms. The summed E-state index contributed by atoms with van der Waals surface area (Å²) in [5.74, 6) is 1.25. The van der Waals surface area contributed by atoms with E-state index >= 15 is 0 Å². The van der Waals surface area contributed by atoms with Gasteiger partial charge in [-0.25, -0.2) is 4.98 Å². The molecule has 0 fully saturated rings. The van der Waals surface area contributed by atoms with Crippen LogP contribution in [0.3, 0.4) is 0 Å². The molecular weight excluding hydrogens is 348 g/mol. The first-order valence-electron chi connectivity index (χ1n) is 8.17. The van der Waals surface area contributed by atoms with Crippen molar-refractivity contribution in [3.63, 3.8) is 0 Å². The monoisotopic (exact) mass is 364 g/mol. The number of anilines is 1. The predicted octanol–water partition coefficient (Wildman–Crippen LogP) is 4.23. The first-order valence-corrected chi connectivity index (χ1v) is 9.05. The molecule has 2 heterocycles. The van der Waals surface area contributed by atoms with E-state index in [-0.39, 0.29) is 5.91 Å². The van der Waals surface area contributed by atoms with Gasteiger partial charge in [0.2, 0.25) is 5.91 Å². The molecule has 0 saturated heterocycles. The SMILES string of the molecule is O=C(C=Cc1ccccc1)Nc1nc(-c2ccc3c(c2)OCCO3)cs1. The van der Waals surface area contributed by atoms with E-state index in [1.807, 2.05) is 53.9 Å². The highest BCUT2D eigenvalue weighted by Gasteiger charge is 2.14. The Labute approximate surface area is 154 Å². The molecule has 1 N–H and O–H groups in total. The van der Waals surface area contributed by atoms with Gasteiger partial charge in [0.15, 0.2) is 16.6 Å². The molecule has 6 heteroatoms.